The van der Waals surface area contributed by atoms with Crippen LogP contribution < -0.4 is 0 Å². The molecular weight excluding hydrogens is 237 g/mol. The first-order valence-corrected chi connectivity index (χ1v) is 5.50. The molecule has 4 nitrogen and oxygen atoms in total. The van der Waals surface area contributed by atoms with E-state index in [1.807, 2.05) is 0 Å². The summed E-state index contributed by atoms with van der Waals surface area (Å²) in [6, 6.07) is 5.97. The van der Waals surface area contributed by atoms with Gasteiger partial charge in [0.15, 0.2) is 0 Å². The van der Waals surface area contributed by atoms with Crippen molar-refractivity contribution in [1.29, 1.82) is 0 Å². The zero-order chi connectivity index (χ0) is 13.0. The monoisotopic (exact) mass is 249 g/mol. The maximum Gasteiger partial charge on any atom is 0.307 e. The van der Waals surface area contributed by atoms with Crippen molar-refractivity contribution in [3.63, 3.8) is 0 Å². The molecule has 0 radical (unpaired) electrons. The maximum absolute atomic E-state index is 13.0. The fourth-order valence-corrected chi connectivity index (χ4v) is 1.81. The van der Waals surface area contributed by atoms with Crippen LogP contribution in [0.3, 0.4) is 0 Å². The third kappa shape index (κ3) is 3.16. The Labute approximate surface area is 103 Å². The van der Waals surface area contributed by atoms with Crippen molar-refractivity contribution < 1.29 is 18.8 Å². The van der Waals surface area contributed by atoms with Gasteiger partial charge in [-0.3, -0.25) is 4.79 Å². The Morgan fingerprint density at radius 3 is 2.78 bits per heavy atom. The van der Waals surface area contributed by atoms with Gasteiger partial charge in [0.05, 0.1) is 12.1 Å². The van der Waals surface area contributed by atoms with Gasteiger partial charge in [0.25, 0.3) is 0 Å². The van der Waals surface area contributed by atoms with E-state index in [-0.39, 0.29) is 12.2 Å². The smallest absolute Gasteiger partial charge is 0.307 e. The van der Waals surface area contributed by atoms with E-state index in [1.54, 1.807) is 12.1 Å². The average Bonchev–Trinajstić information content (AvgIpc) is 2.81. The third-order valence-corrected chi connectivity index (χ3v) is 2.69. The van der Waals surface area contributed by atoms with E-state index in [0.717, 1.165) is 5.56 Å². The van der Waals surface area contributed by atoms with Crippen LogP contribution in [0.25, 0.3) is 0 Å². The molecule has 2 aromatic rings. The quantitative estimate of drug-likeness (QED) is 0.883. The van der Waals surface area contributed by atoms with E-state index in [1.165, 1.54) is 24.6 Å². The van der Waals surface area contributed by atoms with Gasteiger partial charge in [-0.15, -0.1) is 0 Å². The van der Waals surface area contributed by atoms with Crippen LogP contribution in [0.15, 0.2) is 41.2 Å². The number of halogens is 1. The van der Waals surface area contributed by atoms with Crippen LogP contribution in [0, 0.1) is 11.7 Å². The zero-order valence-corrected chi connectivity index (χ0v) is 9.54. The van der Waals surface area contributed by atoms with E-state index >= 15 is 0 Å². The number of carbonyl (C=O) groups is 1. The molecule has 0 aliphatic carbocycles. The number of aromatic nitrogens is 1. The molecule has 0 saturated heterocycles. The molecule has 0 aliphatic heterocycles. The minimum absolute atomic E-state index is 0.276. The van der Waals surface area contributed by atoms with Crippen LogP contribution in [0.2, 0.25) is 0 Å². The molecule has 1 atom stereocenters. The van der Waals surface area contributed by atoms with Crippen LogP contribution >= 0.6 is 0 Å². The second-order valence-electron chi connectivity index (χ2n) is 4.11. The molecule has 18 heavy (non-hydrogen) atoms. The number of nitrogens with zero attached hydrogens (tertiary/aromatic N) is 1. The molecule has 1 aromatic carbocycles. The molecule has 1 N–H and O–H groups in total. The van der Waals surface area contributed by atoms with Gasteiger partial charge in [-0.2, -0.15) is 0 Å². The summed E-state index contributed by atoms with van der Waals surface area (Å²) in [4.78, 5) is 11.2. The molecule has 1 aromatic heterocycles. The molecule has 2 rings (SSSR count). The fourth-order valence-electron chi connectivity index (χ4n) is 1.81. The fraction of sp³-hybridized carbons (Fsp3) is 0.231. The number of aliphatic carboxylic acids is 1. The topological polar surface area (TPSA) is 63.3 Å². The van der Waals surface area contributed by atoms with Crippen LogP contribution in [-0.2, 0) is 17.6 Å². The van der Waals surface area contributed by atoms with Crippen molar-refractivity contribution in [2.45, 2.75) is 12.8 Å². The van der Waals surface area contributed by atoms with Crippen LogP contribution in [-0.4, -0.2) is 16.2 Å². The highest BCUT2D eigenvalue weighted by Gasteiger charge is 2.19. The average molecular weight is 249 g/mol. The van der Waals surface area contributed by atoms with Crippen LogP contribution in [0.5, 0.6) is 0 Å². The number of hydrogen-bond acceptors (Lipinski definition) is 3. The second kappa shape index (κ2) is 5.44. The van der Waals surface area contributed by atoms with E-state index in [9.17, 15) is 9.18 Å². The van der Waals surface area contributed by atoms with Crippen molar-refractivity contribution in [2.24, 2.45) is 5.92 Å². The summed E-state index contributed by atoms with van der Waals surface area (Å²) in [6.07, 6.45) is 3.50. The molecular formula is C13H12FNO3. The summed E-state index contributed by atoms with van der Waals surface area (Å²) >= 11 is 0. The highest BCUT2D eigenvalue weighted by Crippen LogP contribution is 2.15. The highest BCUT2D eigenvalue weighted by molar-refractivity contribution is 5.70. The predicted molar refractivity (Wildman–Crippen MR) is 61.4 cm³/mol. The third-order valence-electron chi connectivity index (χ3n) is 2.69. The molecule has 1 unspecified atom stereocenters. The van der Waals surface area contributed by atoms with E-state index in [4.69, 9.17) is 5.11 Å². The van der Waals surface area contributed by atoms with E-state index in [0.29, 0.717) is 12.0 Å². The van der Waals surface area contributed by atoms with Crippen molar-refractivity contribution in [3.05, 3.63) is 53.7 Å². The number of hydrogen-bond donors (Lipinski definition) is 1. The summed E-state index contributed by atoms with van der Waals surface area (Å²) in [6.45, 7) is 0. The SMILES string of the molecule is O=C(O)C(Cc1cnoc1)Cc1cccc(F)c1. The van der Waals surface area contributed by atoms with Crippen LogP contribution in [0.4, 0.5) is 4.39 Å². The first-order valence-electron chi connectivity index (χ1n) is 5.50. The molecule has 1 heterocycles. The lowest BCUT2D eigenvalue weighted by Gasteiger charge is -2.10. The highest BCUT2D eigenvalue weighted by atomic mass is 19.1. The lowest BCUT2D eigenvalue weighted by Crippen LogP contribution is -2.19. The minimum Gasteiger partial charge on any atom is -0.481 e. The molecule has 5 heteroatoms. The van der Waals surface area contributed by atoms with Gasteiger partial charge in [0.1, 0.15) is 12.1 Å². The Balaban J connectivity index is 2.09. The first kappa shape index (κ1) is 12.3. The summed E-state index contributed by atoms with van der Waals surface area (Å²) in [5.41, 5.74) is 1.39. The minimum atomic E-state index is -0.916. The molecule has 0 amide bonds. The number of carboxylic acid groups (broad SMARTS) is 1. The van der Waals surface area contributed by atoms with Crippen molar-refractivity contribution in [3.8, 4) is 0 Å². The normalized spacial score (nSPS) is 12.3. The summed E-state index contributed by atoms with van der Waals surface area (Å²) in [7, 11) is 0. The molecule has 0 bridgehead atoms. The van der Waals surface area contributed by atoms with E-state index in [2.05, 4.69) is 9.68 Å². The standard InChI is InChI=1S/C13H12FNO3/c14-12-3-1-2-9(6-12)4-11(13(16)17)5-10-7-15-18-8-10/h1-3,6-8,11H,4-5H2,(H,16,17). The molecule has 94 valence electrons. The predicted octanol–water partition coefficient (Wildman–Crippen LogP) is 2.30. The Morgan fingerprint density at radius 2 is 2.17 bits per heavy atom. The Morgan fingerprint density at radius 1 is 1.39 bits per heavy atom. The van der Waals surface area contributed by atoms with Crippen LogP contribution in [0.1, 0.15) is 11.1 Å². The largest absolute Gasteiger partial charge is 0.481 e. The Bertz CT molecular complexity index is 525. The lowest BCUT2D eigenvalue weighted by molar-refractivity contribution is -0.141. The van der Waals surface area contributed by atoms with Crippen molar-refractivity contribution in [1.82, 2.24) is 5.16 Å². The zero-order valence-electron chi connectivity index (χ0n) is 9.54. The Kier molecular flexibility index (Phi) is 3.72. The van der Waals surface area contributed by atoms with Gasteiger partial charge in [-0.05, 0) is 30.5 Å². The van der Waals surface area contributed by atoms with Gasteiger partial charge in [0, 0.05) is 5.56 Å². The maximum atomic E-state index is 13.0. The Hall–Kier alpha value is -2.17. The molecule has 0 saturated carbocycles. The van der Waals surface area contributed by atoms with Gasteiger partial charge in [-0.25, -0.2) is 4.39 Å². The molecule has 0 fully saturated rings. The summed E-state index contributed by atoms with van der Waals surface area (Å²) in [5, 5.41) is 12.7. The van der Waals surface area contributed by atoms with Gasteiger partial charge in [0.2, 0.25) is 0 Å². The van der Waals surface area contributed by atoms with Gasteiger partial charge >= 0.3 is 5.97 Å². The van der Waals surface area contributed by atoms with Crippen molar-refractivity contribution >= 4 is 5.97 Å². The van der Waals surface area contributed by atoms with E-state index < -0.39 is 11.9 Å². The summed E-state index contributed by atoms with van der Waals surface area (Å²) < 4.78 is 17.7. The molecule has 0 aliphatic rings. The van der Waals surface area contributed by atoms with Gasteiger partial charge in [-0.1, -0.05) is 17.3 Å². The first-order chi connectivity index (χ1) is 8.65. The lowest BCUT2D eigenvalue weighted by atomic mass is 9.94. The number of benzene rings is 1. The second-order valence-corrected chi connectivity index (χ2v) is 4.11. The molecule has 0 spiro atoms. The summed E-state index contributed by atoms with van der Waals surface area (Å²) in [5.74, 6) is -1.90. The number of rotatable bonds is 5. The number of carboxylic acids is 1. The van der Waals surface area contributed by atoms with Crippen molar-refractivity contribution in [2.75, 3.05) is 0 Å². The van der Waals surface area contributed by atoms with Gasteiger partial charge < -0.3 is 9.63 Å².